The maximum absolute atomic E-state index is 12.9. The molecule has 1 aromatic heterocycles. The third-order valence-corrected chi connectivity index (χ3v) is 5.28. The SMILES string of the molecule is C=CCSc1nc2c(c(=O)[nH]1)C(c1ccc(OC)cc1)C(C(=O)OC)=C(C)N2. The molecule has 1 aliphatic rings. The average Bonchev–Trinajstić information content (AvgIpc) is 2.70. The smallest absolute Gasteiger partial charge is 0.336 e. The number of fused-ring (bicyclic) bond motifs is 1. The fourth-order valence-electron chi connectivity index (χ4n) is 3.15. The number of rotatable bonds is 6. The molecule has 7 nitrogen and oxygen atoms in total. The van der Waals surface area contributed by atoms with Crippen LogP contribution in [0.4, 0.5) is 5.82 Å². The van der Waals surface area contributed by atoms with Crippen molar-refractivity contribution in [1.29, 1.82) is 0 Å². The van der Waals surface area contributed by atoms with Gasteiger partial charge in [-0.25, -0.2) is 9.78 Å². The lowest BCUT2D eigenvalue weighted by Gasteiger charge is -2.28. The Kier molecular flexibility index (Phi) is 5.89. The van der Waals surface area contributed by atoms with E-state index >= 15 is 0 Å². The Morgan fingerprint density at radius 3 is 2.64 bits per heavy atom. The van der Waals surface area contributed by atoms with E-state index < -0.39 is 11.9 Å². The predicted molar refractivity (Wildman–Crippen MR) is 109 cm³/mol. The Morgan fingerprint density at radius 1 is 1.32 bits per heavy atom. The molecule has 0 saturated heterocycles. The van der Waals surface area contributed by atoms with Crippen LogP contribution in [0.25, 0.3) is 0 Å². The van der Waals surface area contributed by atoms with E-state index in [4.69, 9.17) is 9.47 Å². The van der Waals surface area contributed by atoms with Gasteiger partial charge >= 0.3 is 5.97 Å². The van der Waals surface area contributed by atoms with Crippen molar-refractivity contribution in [2.24, 2.45) is 0 Å². The third-order valence-electron chi connectivity index (χ3n) is 4.41. The Labute approximate surface area is 166 Å². The van der Waals surface area contributed by atoms with Gasteiger partial charge in [-0.1, -0.05) is 30.0 Å². The van der Waals surface area contributed by atoms with Crippen LogP contribution in [-0.2, 0) is 9.53 Å². The Bertz CT molecular complexity index is 996. The fourth-order valence-corrected chi connectivity index (χ4v) is 3.74. The number of methoxy groups -OCH3 is 2. The van der Waals surface area contributed by atoms with Crippen molar-refractivity contribution in [2.75, 3.05) is 25.3 Å². The van der Waals surface area contributed by atoms with E-state index in [0.717, 1.165) is 5.56 Å². The van der Waals surface area contributed by atoms with Crippen molar-refractivity contribution >= 4 is 23.5 Å². The Morgan fingerprint density at radius 2 is 2.04 bits per heavy atom. The van der Waals surface area contributed by atoms with Crippen LogP contribution in [0, 0.1) is 0 Å². The highest BCUT2D eigenvalue weighted by atomic mass is 32.2. The second kappa shape index (κ2) is 8.35. The number of nitrogens with zero attached hydrogens (tertiary/aromatic N) is 1. The number of carbonyl (C=O) groups excluding carboxylic acids is 1. The molecular weight excluding hydrogens is 378 g/mol. The van der Waals surface area contributed by atoms with Crippen LogP contribution < -0.4 is 15.6 Å². The van der Waals surface area contributed by atoms with Crippen molar-refractivity contribution in [3.8, 4) is 5.75 Å². The highest BCUT2D eigenvalue weighted by Gasteiger charge is 2.36. The number of nitrogens with one attached hydrogen (secondary N) is 2. The number of allylic oxidation sites excluding steroid dienone is 1. The highest BCUT2D eigenvalue weighted by molar-refractivity contribution is 7.99. The van der Waals surface area contributed by atoms with Crippen LogP contribution in [0.15, 0.2) is 58.1 Å². The number of carbonyl (C=O) groups is 1. The minimum atomic E-state index is -0.607. The first-order chi connectivity index (χ1) is 13.5. The van der Waals surface area contributed by atoms with Crippen molar-refractivity contribution < 1.29 is 14.3 Å². The van der Waals surface area contributed by atoms with Gasteiger partial charge in [0.1, 0.15) is 11.6 Å². The zero-order chi connectivity index (χ0) is 20.3. The zero-order valence-corrected chi connectivity index (χ0v) is 16.7. The van der Waals surface area contributed by atoms with Crippen LogP contribution in [0.3, 0.4) is 0 Å². The van der Waals surface area contributed by atoms with E-state index in [1.807, 2.05) is 12.1 Å². The standard InChI is InChI=1S/C20H21N3O4S/c1-5-10-28-20-22-17-16(18(24)23-20)15(12-6-8-13(26-3)9-7-12)14(11(2)21-17)19(25)27-4/h5-9,15H,1,10H2,2-4H3,(H2,21,22,23,24). The summed E-state index contributed by atoms with van der Waals surface area (Å²) in [6.07, 6.45) is 1.73. The molecule has 0 bridgehead atoms. The van der Waals surface area contributed by atoms with Crippen molar-refractivity contribution in [2.45, 2.75) is 18.0 Å². The largest absolute Gasteiger partial charge is 0.497 e. The zero-order valence-electron chi connectivity index (χ0n) is 15.9. The summed E-state index contributed by atoms with van der Waals surface area (Å²) in [6, 6.07) is 7.23. The molecule has 1 aromatic carbocycles. The number of hydrogen-bond donors (Lipinski definition) is 2. The summed E-state index contributed by atoms with van der Waals surface area (Å²) in [5.74, 6) is 0.624. The van der Waals surface area contributed by atoms with Gasteiger partial charge in [0.25, 0.3) is 5.56 Å². The number of hydrogen-bond acceptors (Lipinski definition) is 7. The molecule has 2 N–H and O–H groups in total. The first-order valence-electron chi connectivity index (χ1n) is 8.58. The van der Waals surface area contributed by atoms with Crippen LogP contribution in [0.2, 0.25) is 0 Å². The molecule has 0 fully saturated rings. The van der Waals surface area contributed by atoms with Crippen LogP contribution >= 0.6 is 11.8 Å². The monoisotopic (exact) mass is 399 g/mol. The molecule has 0 spiro atoms. The summed E-state index contributed by atoms with van der Waals surface area (Å²) in [5.41, 5.74) is 1.80. The van der Waals surface area contributed by atoms with E-state index in [9.17, 15) is 9.59 Å². The molecule has 0 aliphatic carbocycles. The van der Waals surface area contributed by atoms with E-state index in [0.29, 0.717) is 39.3 Å². The Balaban J connectivity index is 2.19. The molecule has 0 saturated carbocycles. The lowest BCUT2D eigenvalue weighted by molar-refractivity contribution is -0.136. The second-order valence-corrected chi connectivity index (χ2v) is 7.10. The van der Waals surface area contributed by atoms with Gasteiger partial charge in [0.15, 0.2) is 5.16 Å². The average molecular weight is 399 g/mol. The van der Waals surface area contributed by atoms with Gasteiger partial charge in [-0.15, -0.1) is 6.58 Å². The molecule has 2 aromatic rings. The topological polar surface area (TPSA) is 93.3 Å². The van der Waals surface area contributed by atoms with Crippen molar-refractivity contribution in [3.63, 3.8) is 0 Å². The maximum Gasteiger partial charge on any atom is 0.336 e. The number of aromatic amines is 1. The van der Waals surface area contributed by atoms with Crippen LogP contribution in [0.1, 0.15) is 24.0 Å². The van der Waals surface area contributed by atoms with Crippen molar-refractivity contribution in [3.05, 3.63) is 69.7 Å². The van der Waals surface area contributed by atoms with Gasteiger partial charge in [0.2, 0.25) is 0 Å². The lowest BCUT2D eigenvalue weighted by atomic mass is 9.82. The van der Waals surface area contributed by atoms with E-state index in [2.05, 4.69) is 21.9 Å². The predicted octanol–water partition coefficient (Wildman–Crippen LogP) is 3.06. The van der Waals surface area contributed by atoms with Gasteiger partial charge in [0.05, 0.1) is 31.3 Å². The molecule has 28 heavy (non-hydrogen) atoms. The van der Waals surface area contributed by atoms with E-state index in [-0.39, 0.29) is 5.56 Å². The summed E-state index contributed by atoms with van der Waals surface area (Å²) in [7, 11) is 2.90. The molecule has 146 valence electrons. The number of esters is 1. The van der Waals surface area contributed by atoms with Crippen LogP contribution in [0.5, 0.6) is 5.75 Å². The third kappa shape index (κ3) is 3.68. The number of H-pyrrole nitrogens is 1. The van der Waals surface area contributed by atoms with Gasteiger partial charge in [-0.2, -0.15) is 0 Å². The summed E-state index contributed by atoms with van der Waals surface area (Å²) >= 11 is 1.37. The minimum absolute atomic E-state index is 0.307. The molecule has 0 amide bonds. The normalized spacial score (nSPS) is 15.5. The number of aromatic nitrogens is 2. The molecule has 3 rings (SSSR count). The molecule has 8 heteroatoms. The first kappa shape index (κ1) is 19.8. The lowest BCUT2D eigenvalue weighted by Crippen LogP contribution is -2.31. The number of anilines is 1. The van der Waals surface area contributed by atoms with Crippen LogP contribution in [-0.4, -0.2) is 35.9 Å². The van der Waals surface area contributed by atoms with E-state index in [1.165, 1.54) is 18.9 Å². The molecule has 1 aliphatic heterocycles. The quantitative estimate of drug-likeness (QED) is 0.334. The number of ether oxygens (including phenoxy) is 2. The molecule has 1 unspecified atom stereocenters. The molecular formula is C20H21N3O4S. The van der Waals surface area contributed by atoms with Gasteiger partial charge in [0, 0.05) is 11.4 Å². The maximum atomic E-state index is 12.9. The summed E-state index contributed by atoms with van der Waals surface area (Å²) in [5, 5.41) is 3.57. The first-order valence-corrected chi connectivity index (χ1v) is 9.56. The van der Waals surface area contributed by atoms with Gasteiger partial charge in [-0.05, 0) is 24.6 Å². The highest BCUT2D eigenvalue weighted by Crippen LogP contribution is 2.40. The second-order valence-electron chi connectivity index (χ2n) is 6.09. The molecule has 1 atom stereocenters. The number of benzene rings is 1. The fraction of sp³-hybridized carbons (Fsp3) is 0.250. The van der Waals surface area contributed by atoms with E-state index in [1.54, 1.807) is 32.2 Å². The summed E-state index contributed by atoms with van der Waals surface area (Å²) in [6.45, 7) is 5.45. The summed E-state index contributed by atoms with van der Waals surface area (Å²) in [4.78, 5) is 32.8. The number of thioether (sulfide) groups is 1. The van der Waals surface area contributed by atoms with Gasteiger partial charge < -0.3 is 19.8 Å². The van der Waals surface area contributed by atoms with Crippen molar-refractivity contribution in [1.82, 2.24) is 9.97 Å². The molecule has 2 heterocycles. The minimum Gasteiger partial charge on any atom is -0.497 e. The van der Waals surface area contributed by atoms with Gasteiger partial charge in [-0.3, -0.25) is 4.79 Å². The molecule has 0 radical (unpaired) electrons. The Hall–Kier alpha value is -3.00. The summed E-state index contributed by atoms with van der Waals surface area (Å²) < 4.78 is 10.2.